The number of thiophene rings is 1. The van der Waals surface area contributed by atoms with Crippen LogP contribution in [-0.4, -0.2) is 33.1 Å². The summed E-state index contributed by atoms with van der Waals surface area (Å²) in [7, 11) is -0.317. The molecule has 10 heteroatoms. The summed E-state index contributed by atoms with van der Waals surface area (Å²) in [5.41, 5.74) is 1.40. The first-order valence-electron chi connectivity index (χ1n) is 10.4. The molecule has 1 N–H and O–H groups in total. The van der Waals surface area contributed by atoms with Gasteiger partial charge in [-0.3, -0.25) is 9.89 Å². The lowest BCUT2D eigenvalue weighted by Crippen LogP contribution is -2.41. The number of halogens is 2. The fourth-order valence-electron chi connectivity index (χ4n) is 3.31. The lowest BCUT2D eigenvalue weighted by Gasteiger charge is -2.32. The quantitative estimate of drug-likeness (QED) is 0.356. The highest BCUT2D eigenvalue weighted by Gasteiger charge is 2.51. The number of nitrogens with one attached hydrogen (secondary N) is 1. The Balaban J connectivity index is 0.000000160. The van der Waals surface area contributed by atoms with E-state index in [0.29, 0.717) is 6.54 Å². The van der Waals surface area contributed by atoms with Gasteiger partial charge >= 0.3 is 7.12 Å². The molecule has 1 aliphatic heterocycles. The Kier molecular flexibility index (Phi) is 6.89. The summed E-state index contributed by atoms with van der Waals surface area (Å²) >= 11 is 10.6. The predicted molar refractivity (Wildman–Crippen MR) is 139 cm³/mol. The molecule has 4 heterocycles. The molecule has 0 unspecified atom stereocenters. The van der Waals surface area contributed by atoms with Crippen LogP contribution in [0.3, 0.4) is 0 Å². The van der Waals surface area contributed by atoms with Crippen LogP contribution in [0.2, 0.25) is 4.34 Å². The molecule has 1 saturated heterocycles. The smallest absolute Gasteiger partial charge is 0.399 e. The van der Waals surface area contributed by atoms with Crippen molar-refractivity contribution in [3.05, 3.63) is 78.9 Å². The molecule has 0 spiro atoms. The van der Waals surface area contributed by atoms with Crippen LogP contribution in [0.4, 0.5) is 0 Å². The number of nitrogens with zero attached hydrogens (tertiary/aromatic N) is 2. The van der Waals surface area contributed by atoms with E-state index in [2.05, 4.69) is 53.8 Å². The Morgan fingerprint density at radius 2 is 1.85 bits per heavy atom. The molecule has 4 aromatic rings. The highest BCUT2D eigenvalue weighted by molar-refractivity contribution is 9.10. The molecule has 0 radical (unpaired) electrons. The van der Waals surface area contributed by atoms with Crippen LogP contribution < -0.4 is 11.0 Å². The Labute approximate surface area is 210 Å². The zero-order chi connectivity index (χ0) is 23.8. The number of aromatic amines is 1. The van der Waals surface area contributed by atoms with Crippen molar-refractivity contribution in [1.82, 2.24) is 14.8 Å². The molecule has 0 bridgehead atoms. The Morgan fingerprint density at radius 1 is 1.12 bits per heavy atom. The fraction of sp³-hybridized carbons (Fsp3) is 0.304. The minimum atomic E-state index is -0.317. The van der Waals surface area contributed by atoms with E-state index in [4.69, 9.17) is 20.9 Å². The molecule has 172 valence electrons. The van der Waals surface area contributed by atoms with E-state index in [0.717, 1.165) is 30.1 Å². The van der Waals surface area contributed by atoms with E-state index in [1.807, 2.05) is 36.5 Å². The summed E-state index contributed by atoms with van der Waals surface area (Å²) < 4.78 is 15.3. The van der Waals surface area contributed by atoms with Crippen LogP contribution >= 0.6 is 38.9 Å². The molecule has 0 amide bonds. The lowest BCUT2D eigenvalue weighted by atomic mass is 9.79. The zero-order valence-corrected chi connectivity index (χ0v) is 21.9. The summed E-state index contributed by atoms with van der Waals surface area (Å²) in [6.45, 7) is 8.79. The molecular formula is C23H24BBrClN3O3S. The molecule has 0 atom stereocenters. The third-order valence-electron chi connectivity index (χ3n) is 5.89. The highest BCUT2D eigenvalue weighted by Crippen LogP contribution is 2.36. The standard InChI is InChI=1S/C13H17BN2O2.C10H7BrClNOS/c1-12(2)13(3,4)18-14(17-12)10-6-5-9-8-15-16-11(9)7-10;11-7-1-4-10(14)13(5-7)6-8-2-3-9(12)15-8/h5-8H,1-4H3,(H,15,16);1-5H,6H2. The molecule has 0 aliphatic carbocycles. The molecule has 1 fully saturated rings. The summed E-state index contributed by atoms with van der Waals surface area (Å²) in [5.74, 6) is 0. The fourth-order valence-corrected chi connectivity index (χ4v) is 4.78. The molecule has 1 aliphatic rings. The third kappa shape index (κ3) is 5.44. The second kappa shape index (κ2) is 9.39. The molecule has 5 rings (SSSR count). The second-order valence-corrected chi connectivity index (χ2v) is 11.5. The Hall–Kier alpha value is -1.91. The van der Waals surface area contributed by atoms with Gasteiger partial charge in [-0.25, -0.2) is 0 Å². The van der Waals surface area contributed by atoms with Gasteiger partial charge in [0.05, 0.1) is 33.8 Å². The second-order valence-electron chi connectivity index (χ2n) is 8.82. The number of rotatable bonds is 3. The van der Waals surface area contributed by atoms with E-state index >= 15 is 0 Å². The molecule has 0 saturated carbocycles. The van der Waals surface area contributed by atoms with Crippen molar-refractivity contribution in [2.45, 2.75) is 45.4 Å². The Bertz CT molecular complexity index is 1320. The van der Waals surface area contributed by atoms with Gasteiger partial charge in [0, 0.05) is 27.0 Å². The van der Waals surface area contributed by atoms with Crippen LogP contribution in [0, 0.1) is 0 Å². The van der Waals surface area contributed by atoms with E-state index in [9.17, 15) is 4.79 Å². The normalized spacial score (nSPS) is 16.6. The number of hydrogen-bond acceptors (Lipinski definition) is 5. The first-order valence-corrected chi connectivity index (χ1v) is 12.4. The zero-order valence-electron chi connectivity index (χ0n) is 18.8. The van der Waals surface area contributed by atoms with Crippen LogP contribution in [0.15, 0.2) is 64.1 Å². The van der Waals surface area contributed by atoms with Crippen molar-refractivity contribution in [3.63, 3.8) is 0 Å². The van der Waals surface area contributed by atoms with Crippen molar-refractivity contribution in [3.8, 4) is 0 Å². The molecule has 33 heavy (non-hydrogen) atoms. The van der Waals surface area contributed by atoms with E-state index in [1.165, 1.54) is 11.3 Å². The highest BCUT2D eigenvalue weighted by atomic mass is 79.9. The molecule has 1 aromatic carbocycles. The predicted octanol–water partition coefficient (Wildman–Crippen LogP) is 5.24. The number of benzene rings is 1. The van der Waals surface area contributed by atoms with Crippen LogP contribution in [0.25, 0.3) is 10.9 Å². The first-order chi connectivity index (χ1) is 15.5. The van der Waals surface area contributed by atoms with Gasteiger partial charge in [-0.15, -0.1) is 11.3 Å². The van der Waals surface area contributed by atoms with Gasteiger partial charge in [-0.1, -0.05) is 23.7 Å². The van der Waals surface area contributed by atoms with Crippen molar-refractivity contribution in [2.75, 3.05) is 0 Å². The first kappa shape index (κ1) is 24.2. The number of pyridine rings is 1. The SMILES string of the molecule is CC1(C)OB(c2ccc3cn[nH]c3c2)OC1(C)C.O=c1ccc(Br)cn1Cc1ccc(Cl)s1. The van der Waals surface area contributed by atoms with Crippen molar-refractivity contribution >= 4 is 62.4 Å². The van der Waals surface area contributed by atoms with Crippen molar-refractivity contribution in [2.24, 2.45) is 0 Å². The lowest BCUT2D eigenvalue weighted by molar-refractivity contribution is 0.00578. The number of hydrogen-bond donors (Lipinski definition) is 1. The topological polar surface area (TPSA) is 69.1 Å². The molecule has 6 nitrogen and oxygen atoms in total. The van der Waals surface area contributed by atoms with Gasteiger partial charge in [0.2, 0.25) is 0 Å². The number of aromatic nitrogens is 3. The van der Waals surface area contributed by atoms with E-state index < -0.39 is 0 Å². The molecule has 3 aromatic heterocycles. The summed E-state index contributed by atoms with van der Waals surface area (Å²) in [5, 5.41) is 8.08. The van der Waals surface area contributed by atoms with Gasteiger partial charge in [-0.2, -0.15) is 5.10 Å². The number of H-pyrrole nitrogens is 1. The largest absolute Gasteiger partial charge is 0.494 e. The molecular weight excluding hydrogens is 525 g/mol. The maximum absolute atomic E-state index is 11.5. The van der Waals surface area contributed by atoms with Crippen LogP contribution in [0.5, 0.6) is 0 Å². The summed E-state index contributed by atoms with van der Waals surface area (Å²) in [6, 6.07) is 13.1. The van der Waals surface area contributed by atoms with Gasteiger partial charge < -0.3 is 13.9 Å². The van der Waals surface area contributed by atoms with Crippen molar-refractivity contribution < 1.29 is 9.31 Å². The van der Waals surface area contributed by atoms with Crippen LogP contribution in [-0.2, 0) is 15.9 Å². The maximum atomic E-state index is 11.5. The van der Waals surface area contributed by atoms with Crippen LogP contribution in [0.1, 0.15) is 32.6 Å². The minimum absolute atomic E-state index is 0.0114. The monoisotopic (exact) mass is 547 g/mol. The average molecular weight is 549 g/mol. The van der Waals surface area contributed by atoms with Gasteiger partial charge in [0.15, 0.2) is 0 Å². The van der Waals surface area contributed by atoms with Gasteiger partial charge in [-0.05, 0) is 73.4 Å². The summed E-state index contributed by atoms with van der Waals surface area (Å²) in [6.07, 6.45) is 3.58. The maximum Gasteiger partial charge on any atom is 0.494 e. The average Bonchev–Trinajstić information content (AvgIpc) is 3.43. The Morgan fingerprint density at radius 3 is 2.52 bits per heavy atom. The van der Waals surface area contributed by atoms with Crippen molar-refractivity contribution in [1.29, 1.82) is 0 Å². The van der Waals surface area contributed by atoms with Gasteiger partial charge in [0.25, 0.3) is 5.56 Å². The minimum Gasteiger partial charge on any atom is -0.399 e. The van der Waals surface area contributed by atoms with E-state index in [1.54, 1.807) is 22.9 Å². The van der Waals surface area contributed by atoms with Gasteiger partial charge in [0.1, 0.15) is 0 Å². The third-order valence-corrected chi connectivity index (χ3v) is 7.58. The number of fused-ring (bicyclic) bond motifs is 1. The summed E-state index contributed by atoms with van der Waals surface area (Å²) in [4.78, 5) is 12.6. The van der Waals surface area contributed by atoms with E-state index in [-0.39, 0.29) is 23.9 Å².